The maximum absolute atomic E-state index is 12.3. The molecule has 1 aromatic rings. The first kappa shape index (κ1) is 17.0. The molecular weight excluding hydrogens is 263 g/mol. The van der Waals surface area contributed by atoms with Gasteiger partial charge in [-0.25, -0.2) is 0 Å². The minimum Gasteiger partial charge on any atom is -0.310 e. The van der Waals surface area contributed by atoms with Gasteiger partial charge in [0.2, 0.25) is 0 Å². The zero-order valence-electron chi connectivity index (χ0n) is 12.5. The minimum absolute atomic E-state index is 0.0113. The molecule has 1 unspecified atom stereocenters. The topological polar surface area (TPSA) is 12.0 Å². The van der Waals surface area contributed by atoms with Crippen LogP contribution in [0.2, 0.25) is 0 Å². The summed E-state index contributed by atoms with van der Waals surface area (Å²) in [7, 11) is 0. The second-order valence-corrected chi connectivity index (χ2v) is 5.30. The van der Waals surface area contributed by atoms with Crippen molar-refractivity contribution in [3.05, 3.63) is 34.9 Å². The zero-order chi connectivity index (χ0) is 15.2. The van der Waals surface area contributed by atoms with Crippen molar-refractivity contribution in [2.75, 3.05) is 6.54 Å². The Morgan fingerprint density at radius 3 is 2.50 bits per heavy atom. The van der Waals surface area contributed by atoms with E-state index in [-0.39, 0.29) is 12.5 Å². The van der Waals surface area contributed by atoms with Crippen molar-refractivity contribution in [1.82, 2.24) is 5.32 Å². The van der Waals surface area contributed by atoms with Crippen molar-refractivity contribution in [2.45, 2.75) is 58.7 Å². The summed E-state index contributed by atoms with van der Waals surface area (Å²) in [5.74, 6) is 0. The lowest BCUT2D eigenvalue weighted by atomic mass is 9.94. The summed E-state index contributed by atoms with van der Waals surface area (Å²) < 4.78 is 36.9. The third-order valence-electron chi connectivity index (χ3n) is 3.62. The maximum Gasteiger partial charge on any atom is 0.389 e. The molecule has 0 spiro atoms. The minimum atomic E-state index is -4.06. The number of hydrogen-bond donors (Lipinski definition) is 1. The zero-order valence-corrected chi connectivity index (χ0v) is 12.5. The molecule has 1 N–H and O–H groups in total. The Balaban J connectivity index is 2.75. The van der Waals surface area contributed by atoms with Gasteiger partial charge in [0.15, 0.2) is 0 Å². The first-order chi connectivity index (χ1) is 9.35. The van der Waals surface area contributed by atoms with Gasteiger partial charge in [0, 0.05) is 12.5 Å². The van der Waals surface area contributed by atoms with Crippen LogP contribution in [0.5, 0.6) is 0 Å². The highest BCUT2D eigenvalue weighted by atomic mass is 19.4. The molecule has 0 radical (unpaired) electrons. The van der Waals surface area contributed by atoms with Crippen molar-refractivity contribution in [3.8, 4) is 0 Å². The summed E-state index contributed by atoms with van der Waals surface area (Å²) in [5.41, 5.74) is 3.48. The van der Waals surface area contributed by atoms with E-state index in [4.69, 9.17) is 0 Å². The van der Waals surface area contributed by atoms with Crippen LogP contribution in [0.3, 0.4) is 0 Å². The van der Waals surface area contributed by atoms with Crippen molar-refractivity contribution in [2.24, 2.45) is 0 Å². The number of rotatable bonds is 7. The molecule has 0 aliphatic heterocycles. The lowest BCUT2D eigenvalue weighted by molar-refractivity contribution is -0.135. The van der Waals surface area contributed by atoms with Gasteiger partial charge in [-0.15, -0.1) is 0 Å². The lowest BCUT2D eigenvalue weighted by Gasteiger charge is -2.22. The normalized spacial score (nSPS) is 13.5. The van der Waals surface area contributed by atoms with Crippen LogP contribution in [0.4, 0.5) is 13.2 Å². The second-order valence-electron chi connectivity index (χ2n) is 5.30. The molecule has 1 rings (SSSR count). The molecule has 1 nitrogen and oxygen atoms in total. The molecule has 0 amide bonds. The number of halogens is 3. The van der Waals surface area contributed by atoms with Crippen molar-refractivity contribution in [1.29, 1.82) is 0 Å². The van der Waals surface area contributed by atoms with E-state index in [2.05, 4.69) is 12.2 Å². The highest BCUT2D eigenvalue weighted by Crippen LogP contribution is 2.28. The summed E-state index contributed by atoms with van der Waals surface area (Å²) in [5, 5.41) is 3.37. The first-order valence-corrected chi connectivity index (χ1v) is 7.21. The number of nitrogens with one attached hydrogen (secondary N) is 1. The van der Waals surface area contributed by atoms with E-state index in [0.29, 0.717) is 6.42 Å². The van der Waals surface area contributed by atoms with Crippen LogP contribution < -0.4 is 5.32 Å². The Labute approximate surface area is 119 Å². The Hall–Kier alpha value is -1.03. The van der Waals surface area contributed by atoms with Gasteiger partial charge in [-0.2, -0.15) is 13.2 Å². The molecule has 0 aliphatic carbocycles. The quantitative estimate of drug-likeness (QED) is 0.737. The smallest absolute Gasteiger partial charge is 0.310 e. The predicted molar refractivity (Wildman–Crippen MR) is 76.9 cm³/mol. The predicted octanol–water partition coefficient (Wildman–Crippen LogP) is 5.08. The average molecular weight is 287 g/mol. The van der Waals surface area contributed by atoms with Crippen LogP contribution in [-0.2, 0) is 0 Å². The van der Waals surface area contributed by atoms with E-state index in [1.165, 1.54) is 11.1 Å². The van der Waals surface area contributed by atoms with Crippen LogP contribution in [0.1, 0.15) is 55.3 Å². The fraction of sp³-hybridized carbons (Fsp3) is 0.625. The molecule has 4 heteroatoms. The van der Waals surface area contributed by atoms with Gasteiger partial charge >= 0.3 is 6.18 Å². The molecule has 0 saturated heterocycles. The fourth-order valence-corrected chi connectivity index (χ4v) is 2.34. The fourth-order valence-electron chi connectivity index (χ4n) is 2.34. The monoisotopic (exact) mass is 287 g/mol. The number of alkyl halides is 3. The molecule has 20 heavy (non-hydrogen) atoms. The van der Waals surface area contributed by atoms with Gasteiger partial charge in [0.25, 0.3) is 0 Å². The summed E-state index contributed by atoms with van der Waals surface area (Å²) in [6.07, 6.45) is -3.11. The summed E-state index contributed by atoms with van der Waals surface area (Å²) in [4.78, 5) is 0. The SMILES string of the molecule is CCCNC(CCCC(F)(F)F)c1cccc(C)c1C. The Morgan fingerprint density at radius 1 is 1.20 bits per heavy atom. The van der Waals surface area contributed by atoms with Gasteiger partial charge in [0.05, 0.1) is 0 Å². The molecule has 0 saturated carbocycles. The average Bonchev–Trinajstić information content (AvgIpc) is 2.36. The molecular formula is C16H24F3N. The third-order valence-corrected chi connectivity index (χ3v) is 3.62. The maximum atomic E-state index is 12.3. The molecule has 0 aromatic heterocycles. The van der Waals surface area contributed by atoms with E-state index < -0.39 is 12.6 Å². The van der Waals surface area contributed by atoms with Crippen LogP contribution in [0.15, 0.2) is 18.2 Å². The Morgan fingerprint density at radius 2 is 1.90 bits per heavy atom. The van der Waals surface area contributed by atoms with Crippen LogP contribution in [-0.4, -0.2) is 12.7 Å². The third kappa shape index (κ3) is 5.53. The number of hydrogen-bond acceptors (Lipinski definition) is 1. The van der Waals surface area contributed by atoms with Gasteiger partial charge in [-0.3, -0.25) is 0 Å². The van der Waals surface area contributed by atoms with Crippen molar-refractivity contribution >= 4 is 0 Å². The lowest BCUT2D eigenvalue weighted by Crippen LogP contribution is -2.23. The molecule has 0 aliphatic rings. The number of benzene rings is 1. The number of aryl methyl sites for hydroxylation is 1. The van der Waals surface area contributed by atoms with Crippen LogP contribution in [0, 0.1) is 13.8 Å². The van der Waals surface area contributed by atoms with Gasteiger partial charge < -0.3 is 5.32 Å². The van der Waals surface area contributed by atoms with Gasteiger partial charge in [-0.1, -0.05) is 25.1 Å². The molecule has 0 fully saturated rings. The molecule has 0 bridgehead atoms. The summed E-state index contributed by atoms with van der Waals surface area (Å²) in [6, 6.07) is 6.04. The van der Waals surface area contributed by atoms with E-state index in [1.54, 1.807) is 0 Å². The van der Waals surface area contributed by atoms with Gasteiger partial charge in [0.1, 0.15) is 0 Å². The highest BCUT2D eigenvalue weighted by Gasteiger charge is 2.27. The van der Waals surface area contributed by atoms with Crippen LogP contribution in [0.25, 0.3) is 0 Å². The van der Waals surface area contributed by atoms with E-state index in [9.17, 15) is 13.2 Å². The highest BCUT2D eigenvalue weighted by molar-refractivity contribution is 5.35. The standard InChI is InChI=1S/C16H24F3N/c1-4-11-20-15(9-6-10-16(17,18)19)14-8-5-7-12(2)13(14)3/h5,7-8,15,20H,4,6,9-11H2,1-3H3. The second kappa shape index (κ2) is 7.67. The summed E-state index contributed by atoms with van der Waals surface area (Å²) in [6.45, 7) is 6.95. The van der Waals surface area contributed by atoms with Crippen molar-refractivity contribution < 1.29 is 13.2 Å². The Bertz CT molecular complexity index is 413. The molecule has 0 heterocycles. The van der Waals surface area contributed by atoms with Gasteiger partial charge in [-0.05, 0) is 56.3 Å². The summed E-state index contributed by atoms with van der Waals surface area (Å²) >= 11 is 0. The Kier molecular flexibility index (Phi) is 6.53. The first-order valence-electron chi connectivity index (χ1n) is 7.21. The largest absolute Gasteiger partial charge is 0.389 e. The molecule has 1 atom stereocenters. The van der Waals surface area contributed by atoms with Crippen molar-refractivity contribution in [3.63, 3.8) is 0 Å². The van der Waals surface area contributed by atoms with E-state index in [1.807, 2.05) is 32.0 Å². The van der Waals surface area contributed by atoms with Crippen LogP contribution >= 0.6 is 0 Å². The molecule has 1 aromatic carbocycles. The van der Waals surface area contributed by atoms with E-state index in [0.717, 1.165) is 18.5 Å². The van der Waals surface area contributed by atoms with E-state index >= 15 is 0 Å². The molecule has 114 valence electrons.